The van der Waals surface area contributed by atoms with E-state index >= 15 is 0 Å². The number of sulfonamides is 1. The Morgan fingerprint density at radius 3 is 2.31 bits per heavy atom. The van der Waals surface area contributed by atoms with Crippen LogP contribution in [0.15, 0.2) is 83.8 Å². The van der Waals surface area contributed by atoms with Crippen molar-refractivity contribution in [1.82, 2.24) is 9.62 Å². The van der Waals surface area contributed by atoms with Gasteiger partial charge in [-0.05, 0) is 42.8 Å². The Kier molecular flexibility index (Phi) is 9.14. The molecule has 1 amide bonds. The molecule has 7 nitrogen and oxygen atoms in total. The number of para-hydroxylation sites is 2. The van der Waals surface area contributed by atoms with Gasteiger partial charge in [0, 0.05) is 38.3 Å². The second-order valence-electron chi connectivity index (χ2n) is 8.02. The number of halogens is 1. The highest BCUT2D eigenvalue weighted by Crippen LogP contribution is 2.29. The fourth-order valence-electron chi connectivity index (χ4n) is 3.98. The summed E-state index contributed by atoms with van der Waals surface area (Å²) < 4.78 is 33.9. The number of carbonyl (C=O) groups is 1. The van der Waals surface area contributed by atoms with Gasteiger partial charge in [-0.2, -0.15) is 0 Å². The Hall–Kier alpha value is -3.07. The number of carbonyl (C=O) groups excluding carboxylic acids is 1. The molecule has 0 radical (unpaired) electrons. The van der Waals surface area contributed by atoms with Crippen LogP contribution in [0.3, 0.4) is 0 Å². The molecule has 3 aromatic rings. The molecule has 0 aliphatic carbocycles. The first kappa shape index (κ1) is 26.5. The summed E-state index contributed by atoms with van der Waals surface area (Å²) in [5.41, 5.74) is 2.25. The molecule has 9 heteroatoms. The normalized spacial score (nSPS) is 13.7. The van der Waals surface area contributed by atoms with Crippen LogP contribution in [0.4, 0.5) is 5.69 Å². The van der Waals surface area contributed by atoms with Gasteiger partial charge in [0.05, 0.1) is 17.2 Å². The number of hydrogen-bond acceptors (Lipinski definition) is 5. The molecule has 1 aliphatic heterocycles. The summed E-state index contributed by atoms with van der Waals surface area (Å²) in [5.74, 6) is 0.670. The van der Waals surface area contributed by atoms with Crippen molar-refractivity contribution in [2.75, 3.05) is 37.7 Å². The van der Waals surface area contributed by atoms with Gasteiger partial charge in [0.2, 0.25) is 10.0 Å². The van der Waals surface area contributed by atoms with Gasteiger partial charge >= 0.3 is 0 Å². The lowest BCUT2D eigenvalue weighted by molar-refractivity contribution is 0.0746. The number of amides is 1. The number of benzene rings is 3. The smallest absolute Gasteiger partial charge is 0.254 e. The maximum absolute atomic E-state index is 13.1. The van der Waals surface area contributed by atoms with Crippen LogP contribution in [0.2, 0.25) is 0 Å². The topological polar surface area (TPSA) is 79.0 Å². The molecular weight excluding hydrogens is 486 g/mol. The van der Waals surface area contributed by atoms with Crippen molar-refractivity contribution in [1.29, 1.82) is 0 Å². The lowest BCUT2D eigenvalue weighted by Crippen LogP contribution is -2.48. The number of nitrogens with one attached hydrogen (secondary N) is 1. The zero-order chi connectivity index (χ0) is 24.0. The number of hydrogen-bond donors (Lipinski definition) is 1. The quantitative estimate of drug-likeness (QED) is 0.491. The molecular formula is C26H30ClN3O4S. The summed E-state index contributed by atoms with van der Waals surface area (Å²) in [6.07, 6.45) is 0. The van der Waals surface area contributed by atoms with E-state index in [1.165, 1.54) is 12.1 Å². The van der Waals surface area contributed by atoms with Crippen LogP contribution < -0.4 is 14.4 Å². The minimum atomic E-state index is -3.74. The van der Waals surface area contributed by atoms with Crippen LogP contribution in [0.5, 0.6) is 5.75 Å². The first-order chi connectivity index (χ1) is 16.5. The second kappa shape index (κ2) is 12.1. The van der Waals surface area contributed by atoms with Crippen molar-refractivity contribution in [2.45, 2.75) is 18.4 Å². The summed E-state index contributed by atoms with van der Waals surface area (Å²) in [7, 11) is -3.74. The molecule has 1 N–H and O–H groups in total. The number of ether oxygens (including phenoxy) is 1. The van der Waals surface area contributed by atoms with Crippen LogP contribution >= 0.6 is 12.4 Å². The van der Waals surface area contributed by atoms with E-state index in [0.29, 0.717) is 38.3 Å². The molecule has 3 aromatic carbocycles. The van der Waals surface area contributed by atoms with Crippen LogP contribution in [-0.2, 0) is 16.6 Å². The van der Waals surface area contributed by atoms with Crippen molar-refractivity contribution in [3.05, 3.63) is 90.0 Å². The molecule has 0 unspecified atom stereocenters. The summed E-state index contributed by atoms with van der Waals surface area (Å²) >= 11 is 0. The summed E-state index contributed by atoms with van der Waals surface area (Å²) in [6, 6.07) is 23.4. The first-order valence-electron chi connectivity index (χ1n) is 11.4. The van der Waals surface area contributed by atoms with E-state index in [2.05, 4.69) is 9.62 Å². The molecule has 1 heterocycles. The van der Waals surface area contributed by atoms with E-state index in [4.69, 9.17) is 4.74 Å². The van der Waals surface area contributed by atoms with Gasteiger partial charge in [0.1, 0.15) is 5.75 Å². The first-order valence-corrected chi connectivity index (χ1v) is 12.9. The zero-order valence-electron chi connectivity index (χ0n) is 19.6. The molecule has 0 atom stereocenters. The number of piperazine rings is 1. The van der Waals surface area contributed by atoms with Crippen LogP contribution in [0, 0.1) is 0 Å². The van der Waals surface area contributed by atoms with Crippen molar-refractivity contribution in [2.24, 2.45) is 0 Å². The van der Waals surface area contributed by atoms with Crippen molar-refractivity contribution < 1.29 is 17.9 Å². The maximum atomic E-state index is 13.1. The van der Waals surface area contributed by atoms with E-state index in [1.807, 2.05) is 61.5 Å². The minimum Gasteiger partial charge on any atom is -0.492 e. The molecule has 0 saturated carbocycles. The van der Waals surface area contributed by atoms with Crippen molar-refractivity contribution in [3.8, 4) is 5.75 Å². The van der Waals surface area contributed by atoms with Gasteiger partial charge in [-0.1, -0.05) is 48.5 Å². The molecule has 0 bridgehead atoms. The van der Waals surface area contributed by atoms with Crippen molar-refractivity contribution >= 4 is 34.0 Å². The maximum Gasteiger partial charge on any atom is 0.254 e. The predicted octanol–water partition coefficient (Wildman–Crippen LogP) is 3.95. The van der Waals surface area contributed by atoms with Gasteiger partial charge in [-0.3, -0.25) is 4.79 Å². The average Bonchev–Trinajstić information content (AvgIpc) is 2.88. The Bertz CT molecular complexity index is 1230. The largest absolute Gasteiger partial charge is 0.492 e. The van der Waals surface area contributed by atoms with E-state index in [-0.39, 0.29) is 29.8 Å². The summed E-state index contributed by atoms with van der Waals surface area (Å²) in [4.78, 5) is 17.2. The average molecular weight is 516 g/mol. The molecule has 35 heavy (non-hydrogen) atoms. The highest BCUT2D eigenvalue weighted by molar-refractivity contribution is 7.89. The lowest BCUT2D eigenvalue weighted by atomic mass is 10.1. The van der Waals surface area contributed by atoms with Gasteiger partial charge in [-0.25, -0.2) is 13.1 Å². The summed E-state index contributed by atoms with van der Waals surface area (Å²) in [5, 5.41) is 0. The number of nitrogens with zero attached hydrogens (tertiary/aromatic N) is 2. The van der Waals surface area contributed by atoms with Gasteiger partial charge in [-0.15, -0.1) is 12.4 Å². The van der Waals surface area contributed by atoms with Crippen LogP contribution in [-0.4, -0.2) is 52.0 Å². The molecule has 186 valence electrons. The highest BCUT2D eigenvalue weighted by atomic mass is 35.5. The third kappa shape index (κ3) is 6.54. The molecule has 0 spiro atoms. The second-order valence-corrected chi connectivity index (χ2v) is 9.78. The molecule has 0 aromatic heterocycles. The van der Waals surface area contributed by atoms with Gasteiger partial charge in [0.25, 0.3) is 5.91 Å². The minimum absolute atomic E-state index is 0. The fourth-order valence-corrected chi connectivity index (χ4v) is 5.05. The summed E-state index contributed by atoms with van der Waals surface area (Å²) in [6.45, 7) is 5.17. The highest BCUT2D eigenvalue weighted by Gasteiger charge is 2.25. The molecule has 1 fully saturated rings. The molecule has 1 saturated heterocycles. The van der Waals surface area contributed by atoms with Crippen LogP contribution in [0.1, 0.15) is 22.8 Å². The predicted molar refractivity (Wildman–Crippen MR) is 140 cm³/mol. The standard InChI is InChI=1S/C26H29N3O4S.ClH/c1-2-33-25-14-7-6-13-24(25)28-15-17-29(18-16-28)26(30)22-11-8-12-23(19-22)34(31,32)27-20-21-9-4-3-5-10-21;/h3-14,19,27H,2,15-18,20H2,1H3;1H. The zero-order valence-corrected chi connectivity index (χ0v) is 21.2. The third-order valence-electron chi connectivity index (χ3n) is 5.77. The molecule has 1 aliphatic rings. The SMILES string of the molecule is CCOc1ccccc1N1CCN(C(=O)c2cccc(S(=O)(=O)NCc3ccccc3)c2)CC1.Cl. The van der Waals surface area contributed by atoms with E-state index in [9.17, 15) is 13.2 Å². The third-order valence-corrected chi connectivity index (χ3v) is 7.17. The van der Waals surface area contributed by atoms with Gasteiger partial charge in [0.15, 0.2) is 0 Å². The molecule has 4 rings (SSSR count). The number of rotatable bonds is 8. The van der Waals surface area contributed by atoms with E-state index < -0.39 is 10.0 Å². The lowest BCUT2D eigenvalue weighted by Gasteiger charge is -2.36. The Balaban J connectivity index is 0.00000342. The monoisotopic (exact) mass is 515 g/mol. The van der Waals surface area contributed by atoms with Gasteiger partial charge < -0.3 is 14.5 Å². The Morgan fingerprint density at radius 1 is 0.914 bits per heavy atom. The Labute approximate surface area is 213 Å². The van der Waals surface area contributed by atoms with E-state index in [0.717, 1.165) is 17.0 Å². The number of anilines is 1. The van der Waals surface area contributed by atoms with Crippen molar-refractivity contribution in [3.63, 3.8) is 0 Å². The van der Waals surface area contributed by atoms with Crippen LogP contribution in [0.25, 0.3) is 0 Å². The Morgan fingerprint density at radius 2 is 1.60 bits per heavy atom. The fraction of sp³-hybridized carbons (Fsp3) is 0.269. The van der Waals surface area contributed by atoms with E-state index in [1.54, 1.807) is 17.0 Å².